The number of hydrogen-bond acceptors (Lipinski definition) is 4. The minimum Gasteiger partial charge on any atom is -0.485 e. The summed E-state index contributed by atoms with van der Waals surface area (Å²) < 4.78 is 6.11. The highest BCUT2D eigenvalue weighted by Gasteiger charge is 2.29. The van der Waals surface area contributed by atoms with Crippen molar-refractivity contribution in [1.29, 1.82) is 0 Å². The molecule has 0 aromatic carbocycles. The predicted octanol–water partition coefficient (Wildman–Crippen LogP) is 2.48. The van der Waals surface area contributed by atoms with Gasteiger partial charge in [-0.15, -0.1) is 0 Å². The second kappa shape index (κ2) is 7.02. The molecule has 0 radical (unpaired) electrons. The van der Waals surface area contributed by atoms with Crippen molar-refractivity contribution in [3.05, 3.63) is 30.5 Å². The SMILES string of the molecule is CN(C)c1ncccc1O[C@H]1CCN(C(=O)C[C@H]2C=CCC2)C1. The zero-order valence-corrected chi connectivity index (χ0v) is 13.9. The first kappa shape index (κ1) is 15.8. The van der Waals surface area contributed by atoms with Gasteiger partial charge in [0.05, 0.1) is 6.54 Å². The Labute approximate surface area is 137 Å². The summed E-state index contributed by atoms with van der Waals surface area (Å²) >= 11 is 0. The number of likely N-dealkylation sites (tertiary alicyclic amines) is 1. The molecular formula is C18H25N3O2. The van der Waals surface area contributed by atoms with Crippen molar-refractivity contribution in [2.24, 2.45) is 5.92 Å². The van der Waals surface area contributed by atoms with Gasteiger partial charge in [0, 0.05) is 39.7 Å². The van der Waals surface area contributed by atoms with Gasteiger partial charge in [-0.3, -0.25) is 4.79 Å². The van der Waals surface area contributed by atoms with Crippen LogP contribution in [-0.2, 0) is 4.79 Å². The molecule has 1 saturated heterocycles. The fourth-order valence-corrected chi connectivity index (χ4v) is 3.26. The molecule has 124 valence electrons. The molecule has 0 unspecified atom stereocenters. The molecule has 1 aliphatic heterocycles. The van der Waals surface area contributed by atoms with Gasteiger partial charge in [0.2, 0.25) is 5.91 Å². The number of anilines is 1. The highest BCUT2D eigenvalue weighted by Crippen LogP contribution is 2.27. The summed E-state index contributed by atoms with van der Waals surface area (Å²) in [6.07, 6.45) is 9.93. The molecule has 1 aromatic rings. The van der Waals surface area contributed by atoms with Crippen LogP contribution in [0.25, 0.3) is 0 Å². The third kappa shape index (κ3) is 3.84. The van der Waals surface area contributed by atoms with Gasteiger partial charge in [0.1, 0.15) is 6.10 Å². The molecule has 1 aliphatic carbocycles. The van der Waals surface area contributed by atoms with Gasteiger partial charge in [-0.05, 0) is 30.9 Å². The fourth-order valence-electron chi connectivity index (χ4n) is 3.26. The summed E-state index contributed by atoms with van der Waals surface area (Å²) in [5.41, 5.74) is 0. The number of pyridine rings is 1. The molecule has 2 heterocycles. The predicted molar refractivity (Wildman–Crippen MR) is 90.7 cm³/mol. The third-order valence-corrected chi connectivity index (χ3v) is 4.52. The summed E-state index contributed by atoms with van der Waals surface area (Å²) in [7, 11) is 3.91. The topological polar surface area (TPSA) is 45.7 Å². The van der Waals surface area contributed by atoms with Crippen LogP contribution in [-0.4, -0.2) is 49.1 Å². The summed E-state index contributed by atoms with van der Waals surface area (Å²) in [5.74, 6) is 2.30. The van der Waals surface area contributed by atoms with Crippen LogP contribution in [0.1, 0.15) is 25.7 Å². The molecule has 0 spiro atoms. The average molecular weight is 315 g/mol. The maximum atomic E-state index is 12.4. The van der Waals surface area contributed by atoms with Crippen molar-refractivity contribution in [3.63, 3.8) is 0 Å². The summed E-state index contributed by atoms with van der Waals surface area (Å²) in [6.45, 7) is 1.47. The lowest BCUT2D eigenvalue weighted by atomic mass is 10.0. The lowest BCUT2D eigenvalue weighted by Gasteiger charge is -2.21. The number of amides is 1. The van der Waals surface area contributed by atoms with Crippen LogP contribution in [0.3, 0.4) is 0 Å². The van der Waals surface area contributed by atoms with Crippen molar-refractivity contribution >= 4 is 11.7 Å². The van der Waals surface area contributed by atoms with E-state index < -0.39 is 0 Å². The van der Waals surface area contributed by atoms with E-state index in [1.807, 2.05) is 36.0 Å². The van der Waals surface area contributed by atoms with Crippen LogP contribution < -0.4 is 9.64 Å². The smallest absolute Gasteiger partial charge is 0.223 e. The van der Waals surface area contributed by atoms with Gasteiger partial charge in [0.25, 0.3) is 0 Å². The number of nitrogens with zero attached hydrogens (tertiary/aromatic N) is 3. The Balaban J connectivity index is 1.55. The second-order valence-electron chi connectivity index (χ2n) is 6.56. The lowest BCUT2D eigenvalue weighted by Crippen LogP contribution is -2.32. The number of allylic oxidation sites excluding steroid dienone is 2. The number of rotatable bonds is 5. The fraction of sp³-hybridized carbons (Fsp3) is 0.556. The van der Waals surface area contributed by atoms with Crippen LogP contribution in [0, 0.1) is 5.92 Å². The number of ether oxygens (including phenoxy) is 1. The Kier molecular flexibility index (Phi) is 4.84. The monoisotopic (exact) mass is 315 g/mol. The molecule has 5 heteroatoms. The van der Waals surface area contributed by atoms with Crippen molar-refractivity contribution in [3.8, 4) is 5.75 Å². The van der Waals surface area contributed by atoms with E-state index in [1.165, 1.54) is 0 Å². The highest BCUT2D eigenvalue weighted by molar-refractivity contribution is 5.77. The van der Waals surface area contributed by atoms with Crippen LogP contribution in [0.2, 0.25) is 0 Å². The van der Waals surface area contributed by atoms with Crippen molar-refractivity contribution in [2.75, 3.05) is 32.1 Å². The van der Waals surface area contributed by atoms with Crippen LogP contribution in [0.4, 0.5) is 5.82 Å². The first-order valence-corrected chi connectivity index (χ1v) is 8.37. The molecule has 0 saturated carbocycles. The summed E-state index contributed by atoms with van der Waals surface area (Å²) in [6, 6.07) is 3.82. The Morgan fingerprint density at radius 1 is 1.43 bits per heavy atom. The number of carbonyl (C=O) groups is 1. The van der Waals surface area contributed by atoms with E-state index in [2.05, 4.69) is 17.1 Å². The average Bonchev–Trinajstić information content (AvgIpc) is 3.19. The minimum absolute atomic E-state index is 0.0565. The first-order valence-electron chi connectivity index (χ1n) is 8.37. The minimum atomic E-state index is 0.0565. The van der Waals surface area contributed by atoms with Gasteiger partial charge in [0.15, 0.2) is 11.6 Å². The third-order valence-electron chi connectivity index (χ3n) is 4.52. The second-order valence-corrected chi connectivity index (χ2v) is 6.56. The van der Waals surface area contributed by atoms with Gasteiger partial charge in [-0.1, -0.05) is 12.2 Å². The van der Waals surface area contributed by atoms with Crippen LogP contribution in [0.15, 0.2) is 30.5 Å². The van der Waals surface area contributed by atoms with E-state index in [0.717, 1.165) is 37.4 Å². The van der Waals surface area contributed by atoms with Gasteiger partial charge in [-0.25, -0.2) is 4.98 Å². The quantitative estimate of drug-likeness (QED) is 0.783. The van der Waals surface area contributed by atoms with E-state index in [1.54, 1.807) is 6.20 Å². The molecule has 1 fully saturated rings. The zero-order chi connectivity index (χ0) is 16.2. The summed E-state index contributed by atoms with van der Waals surface area (Å²) in [4.78, 5) is 20.6. The van der Waals surface area contributed by atoms with E-state index in [9.17, 15) is 4.79 Å². The maximum Gasteiger partial charge on any atom is 0.223 e. The number of carbonyl (C=O) groups excluding carboxylic acids is 1. The highest BCUT2D eigenvalue weighted by atomic mass is 16.5. The van der Waals surface area contributed by atoms with E-state index in [0.29, 0.717) is 18.9 Å². The van der Waals surface area contributed by atoms with Crippen LogP contribution in [0.5, 0.6) is 5.75 Å². The Bertz CT molecular complexity index is 585. The summed E-state index contributed by atoms with van der Waals surface area (Å²) in [5, 5.41) is 0. The zero-order valence-electron chi connectivity index (χ0n) is 13.9. The Hall–Kier alpha value is -2.04. The Morgan fingerprint density at radius 2 is 2.30 bits per heavy atom. The number of aromatic nitrogens is 1. The van der Waals surface area contributed by atoms with Gasteiger partial charge in [-0.2, -0.15) is 0 Å². The van der Waals surface area contributed by atoms with Crippen LogP contribution >= 0.6 is 0 Å². The molecule has 2 aliphatic rings. The number of hydrogen-bond donors (Lipinski definition) is 0. The molecule has 1 amide bonds. The molecule has 1 aromatic heterocycles. The molecular weight excluding hydrogens is 290 g/mol. The van der Waals surface area contributed by atoms with Crippen molar-refractivity contribution < 1.29 is 9.53 Å². The molecule has 0 N–H and O–H groups in total. The standard InChI is InChI=1S/C18H25N3O2/c1-20(2)18-16(8-5-10-19-18)23-15-9-11-21(13-15)17(22)12-14-6-3-4-7-14/h3,5-6,8,10,14-15H,4,7,9,11-13H2,1-2H3/t14-,15-/m0/s1. The van der Waals surface area contributed by atoms with Gasteiger partial charge >= 0.3 is 0 Å². The van der Waals surface area contributed by atoms with E-state index in [4.69, 9.17) is 4.74 Å². The maximum absolute atomic E-state index is 12.4. The van der Waals surface area contributed by atoms with Gasteiger partial charge < -0.3 is 14.5 Å². The van der Waals surface area contributed by atoms with Crippen molar-refractivity contribution in [1.82, 2.24) is 9.88 Å². The largest absolute Gasteiger partial charge is 0.485 e. The molecule has 23 heavy (non-hydrogen) atoms. The Morgan fingerprint density at radius 3 is 3.04 bits per heavy atom. The van der Waals surface area contributed by atoms with E-state index >= 15 is 0 Å². The molecule has 3 rings (SSSR count). The molecule has 5 nitrogen and oxygen atoms in total. The normalized spacial score (nSPS) is 23.3. The first-order chi connectivity index (χ1) is 11.1. The van der Waals surface area contributed by atoms with Crippen molar-refractivity contribution in [2.45, 2.75) is 31.8 Å². The lowest BCUT2D eigenvalue weighted by molar-refractivity contribution is -0.131. The van der Waals surface area contributed by atoms with E-state index in [-0.39, 0.29) is 12.0 Å². The molecule has 0 bridgehead atoms. The molecule has 2 atom stereocenters.